The van der Waals surface area contributed by atoms with E-state index >= 15 is 4.39 Å². The van der Waals surface area contributed by atoms with Crippen LogP contribution in [0, 0.1) is 5.82 Å². The molecule has 1 saturated carbocycles. The molecule has 0 radical (unpaired) electrons. The summed E-state index contributed by atoms with van der Waals surface area (Å²) in [6.07, 6.45) is 3.95. The van der Waals surface area contributed by atoms with E-state index in [1.807, 2.05) is 46.8 Å². The molecular weight excluding hydrogens is 398 g/mol. The Morgan fingerprint density at radius 3 is 2.52 bits per heavy atom. The molecule has 2 aromatic rings. The number of nitrogens with zero attached hydrogens (tertiary/aromatic N) is 1. The first kappa shape index (κ1) is 21.8. The van der Waals surface area contributed by atoms with Crippen LogP contribution in [0.3, 0.4) is 0 Å². The second-order valence-electron chi connectivity index (χ2n) is 9.09. The molecule has 2 aliphatic rings. The number of halogens is 1. The van der Waals surface area contributed by atoms with Gasteiger partial charge in [-0.3, -0.25) is 4.79 Å². The Hall–Kier alpha value is -2.45. The quantitative estimate of drug-likeness (QED) is 0.706. The van der Waals surface area contributed by atoms with Crippen LogP contribution in [-0.4, -0.2) is 35.8 Å². The Morgan fingerprint density at radius 2 is 1.90 bits per heavy atom. The van der Waals surface area contributed by atoms with Crippen LogP contribution in [0.1, 0.15) is 69.3 Å². The minimum Gasteiger partial charge on any atom is -0.494 e. The highest BCUT2D eigenvalue weighted by molar-refractivity contribution is 6.63. The zero-order chi connectivity index (χ0) is 22.4. The number of carbonyl (C=O) groups is 1. The highest BCUT2D eigenvalue weighted by atomic mass is 19.1. The number of hydrogen-bond donors (Lipinski definition) is 1. The summed E-state index contributed by atoms with van der Waals surface area (Å²) in [7, 11) is -0.796. The first-order valence-corrected chi connectivity index (χ1v) is 10.7. The minimum atomic E-state index is -0.796. The first-order chi connectivity index (χ1) is 14.6. The van der Waals surface area contributed by atoms with Crippen LogP contribution < -0.4 is 15.5 Å². The molecule has 164 valence electrons. The van der Waals surface area contributed by atoms with Crippen molar-refractivity contribution in [3.8, 4) is 5.75 Å². The number of amides is 1. The number of hydrogen-bond acceptors (Lipinski definition) is 5. The Balaban J connectivity index is 1.61. The van der Waals surface area contributed by atoms with Crippen LogP contribution in [-0.2, 0) is 9.31 Å². The Kier molecular flexibility index (Phi) is 5.56. The van der Waals surface area contributed by atoms with E-state index in [-0.39, 0.29) is 5.56 Å². The van der Waals surface area contributed by atoms with Crippen LogP contribution >= 0.6 is 0 Å². The standard InChI is InChI=1S/C23H28BFN2O4/c1-6-29-19-12-16(21(28)27-20-11-15(9-10-26-20)14-7-8-14)18(25)13-17(19)24-30-22(2,3)23(4,5)31-24/h9-14H,6-8H2,1-5H3,(H,26,27,28). The minimum absolute atomic E-state index is 0.123. The average Bonchev–Trinajstić information content (AvgIpc) is 3.50. The van der Waals surface area contributed by atoms with Gasteiger partial charge in [0.05, 0.1) is 23.4 Å². The third kappa shape index (κ3) is 4.32. The van der Waals surface area contributed by atoms with Gasteiger partial charge < -0.3 is 19.4 Å². The number of pyridine rings is 1. The monoisotopic (exact) mass is 426 g/mol. The van der Waals surface area contributed by atoms with Crippen LogP contribution in [0.25, 0.3) is 0 Å². The predicted molar refractivity (Wildman–Crippen MR) is 117 cm³/mol. The van der Waals surface area contributed by atoms with E-state index in [1.54, 1.807) is 6.20 Å². The zero-order valence-electron chi connectivity index (χ0n) is 18.6. The van der Waals surface area contributed by atoms with Crippen molar-refractivity contribution < 1.29 is 23.2 Å². The maximum absolute atomic E-state index is 15.0. The smallest absolute Gasteiger partial charge is 0.494 e. The fourth-order valence-electron chi connectivity index (χ4n) is 3.55. The number of nitrogens with one attached hydrogen (secondary N) is 1. The summed E-state index contributed by atoms with van der Waals surface area (Å²) in [4.78, 5) is 17.0. The Labute approximate surface area is 182 Å². The van der Waals surface area contributed by atoms with E-state index in [0.29, 0.717) is 29.6 Å². The lowest BCUT2D eigenvalue weighted by Crippen LogP contribution is -2.41. The van der Waals surface area contributed by atoms with E-state index in [2.05, 4.69) is 10.3 Å². The molecule has 1 amide bonds. The van der Waals surface area contributed by atoms with Gasteiger partial charge in [0.25, 0.3) is 5.91 Å². The summed E-state index contributed by atoms with van der Waals surface area (Å²) in [5, 5.41) is 2.70. The topological polar surface area (TPSA) is 69.7 Å². The number of carbonyl (C=O) groups excluding carboxylic acids is 1. The highest BCUT2D eigenvalue weighted by Crippen LogP contribution is 2.40. The van der Waals surface area contributed by atoms with Gasteiger partial charge >= 0.3 is 7.12 Å². The van der Waals surface area contributed by atoms with E-state index in [4.69, 9.17) is 14.0 Å². The second kappa shape index (κ2) is 7.91. The number of anilines is 1. The molecule has 0 spiro atoms. The number of ether oxygens (including phenoxy) is 1. The van der Waals surface area contributed by atoms with Crippen LogP contribution in [0.4, 0.5) is 10.2 Å². The summed E-state index contributed by atoms with van der Waals surface area (Å²) in [5.41, 5.74) is 0.278. The van der Waals surface area contributed by atoms with E-state index in [1.165, 1.54) is 12.1 Å². The van der Waals surface area contributed by atoms with Crippen molar-refractivity contribution in [2.24, 2.45) is 0 Å². The van der Waals surface area contributed by atoms with Gasteiger partial charge in [-0.2, -0.15) is 0 Å². The fraction of sp³-hybridized carbons (Fsp3) is 0.478. The molecule has 1 aromatic carbocycles. The first-order valence-electron chi connectivity index (χ1n) is 10.7. The van der Waals surface area contributed by atoms with E-state index in [9.17, 15) is 4.79 Å². The number of benzene rings is 1. The van der Waals surface area contributed by atoms with Crippen LogP contribution in [0.2, 0.25) is 0 Å². The molecule has 6 nitrogen and oxygen atoms in total. The van der Waals surface area contributed by atoms with Crippen molar-refractivity contribution in [2.45, 2.75) is 64.6 Å². The summed E-state index contributed by atoms with van der Waals surface area (Å²) < 4.78 is 32.9. The van der Waals surface area contributed by atoms with E-state index in [0.717, 1.165) is 18.4 Å². The van der Waals surface area contributed by atoms with Gasteiger partial charge in [-0.25, -0.2) is 9.37 Å². The van der Waals surface area contributed by atoms with Crippen molar-refractivity contribution in [3.05, 3.63) is 47.4 Å². The summed E-state index contributed by atoms with van der Waals surface area (Å²) in [5.74, 6) is 0.0246. The molecule has 1 aromatic heterocycles. The summed E-state index contributed by atoms with van der Waals surface area (Å²) in [6.45, 7) is 9.87. The molecule has 1 saturated heterocycles. The van der Waals surface area contributed by atoms with Crippen LogP contribution in [0.15, 0.2) is 30.5 Å². The van der Waals surface area contributed by atoms with Crippen molar-refractivity contribution in [1.29, 1.82) is 0 Å². The van der Waals surface area contributed by atoms with Gasteiger partial charge in [0.2, 0.25) is 0 Å². The van der Waals surface area contributed by atoms with Gasteiger partial charge in [-0.1, -0.05) is 0 Å². The van der Waals surface area contributed by atoms with E-state index < -0.39 is 30.0 Å². The normalized spacial score (nSPS) is 19.4. The summed E-state index contributed by atoms with van der Waals surface area (Å²) >= 11 is 0. The molecule has 1 aliphatic carbocycles. The largest absolute Gasteiger partial charge is 0.498 e. The second-order valence-corrected chi connectivity index (χ2v) is 9.09. The SMILES string of the molecule is CCOc1cc(C(=O)Nc2cc(C3CC3)ccn2)c(F)cc1B1OC(C)(C)C(C)(C)O1. The molecule has 4 rings (SSSR count). The van der Waals surface area contributed by atoms with Gasteiger partial charge in [0.15, 0.2) is 0 Å². The summed E-state index contributed by atoms with van der Waals surface area (Å²) in [6, 6.07) is 6.45. The van der Waals surface area contributed by atoms with Gasteiger partial charge in [0, 0.05) is 11.7 Å². The lowest BCUT2D eigenvalue weighted by molar-refractivity contribution is 0.00578. The average molecular weight is 426 g/mol. The van der Waals surface area contributed by atoms with Crippen LogP contribution in [0.5, 0.6) is 5.75 Å². The van der Waals surface area contributed by atoms with Gasteiger partial charge in [-0.05, 0) is 83.2 Å². The fourth-order valence-corrected chi connectivity index (χ4v) is 3.55. The lowest BCUT2D eigenvalue weighted by atomic mass is 9.77. The molecule has 1 aliphatic heterocycles. The molecule has 2 heterocycles. The Bertz CT molecular complexity index is 991. The maximum atomic E-state index is 15.0. The molecule has 8 heteroatoms. The highest BCUT2D eigenvalue weighted by Gasteiger charge is 2.52. The predicted octanol–water partition coefficient (Wildman–Crippen LogP) is 4.05. The van der Waals surface area contributed by atoms with Crippen molar-refractivity contribution in [2.75, 3.05) is 11.9 Å². The molecule has 1 N–H and O–H groups in total. The molecule has 0 unspecified atom stereocenters. The van der Waals surface area contributed by atoms with Crippen molar-refractivity contribution in [1.82, 2.24) is 4.98 Å². The van der Waals surface area contributed by atoms with Crippen molar-refractivity contribution >= 4 is 24.3 Å². The third-order valence-electron chi connectivity index (χ3n) is 6.23. The molecule has 0 bridgehead atoms. The molecular formula is C23H28BFN2O4. The zero-order valence-corrected chi connectivity index (χ0v) is 18.6. The number of aromatic nitrogens is 1. The van der Waals surface area contributed by atoms with Crippen molar-refractivity contribution in [3.63, 3.8) is 0 Å². The molecule has 2 fully saturated rings. The molecule has 31 heavy (non-hydrogen) atoms. The van der Waals surface area contributed by atoms with Gasteiger partial charge in [0.1, 0.15) is 17.4 Å². The maximum Gasteiger partial charge on any atom is 0.498 e. The Morgan fingerprint density at radius 1 is 1.23 bits per heavy atom. The molecule has 0 atom stereocenters. The third-order valence-corrected chi connectivity index (χ3v) is 6.23. The van der Waals surface area contributed by atoms with Gasteiger partial charge in [-0.15, -0.1) is 0 Å². The number of rotatable bonds is 6. The lowest BCUT2D eigenvalue weighted by Gasteiger charge is -2.32.